The van der Waals surface area contributed by atoms with Crippen LogP contribution in [0.2, 0.25) is 0 Å². The van der Waals surface area contributed by atoms with E-state index in [0.29, 0.717) is 6.54 Å². The molecule has 0 heterocycles. The highest BCUT2D eigenvalue weighted by atomic mass is 16.5. The summed E-state index contributed by atoms with van der Waals surface area (Å²) in [6, 6.07) is 7.84. The monoisotopic (exact) mass is 177 g/mol. The third kappa shape index (κ3) is 2.33. The summed E-state index contributed by atoms with van der Waals surface area (Å²) in [5.41, 5.74) is 7.54. The Hall–Kier alpha value is -1.28. The van der Waals surface area contributed by atoms with Gasteiger partial charge >= 0.3 is 0 Å². The second kappa shape index (κ2) is 4.67. The van der Waals surface area contributed by atoms with E-state index in [4.69, 9.17) is 10.5 Å². The predicted molar refractivity (Wildman–Crippen MR) is 55.7 cm³/mol. The first-order chi connectivity index (χ1) is 6.29. The number of benzene rings is 1. The van der Waals surface area contributed by atoms with Gasteiger partial charge in [0.25, 0.3) is 0 Å². The van der Waals surface area contributed by atoms with Crippen molar-refractivity contribution in [1.82, 2.24) is 0 Å². The topological polar surface area (TPSA) is 35.2 Å². The van der Waals surface area contributed by atoms with Crippen LogP contribution in [0.15, 0.2) is 30.8 Å². The van der Waals surface area contributed by atoms with Crippen molar-refractivity contribution in [2.45, 2.75) is 6.42 Å². The first-order valence-corrected chi connectivity index (χ1v) is 4.31. The Morgan fingerprint density at radius 2 is 2.15 bits per heavy atom. The van der Waals surface area contributed by atoms with Crippen molar-refractivity contribution in [3.63, 3.8) is 0 Å². The number of methoxy groups -OCH3 is 1. The molecule has 0 aromatic heterocycles. The zero-order valence-corrected chi connectivity index (χ0v) is 7.92. The lowest BCUT2D eigenvalue weighted by molar-refractivity contribution is 0.413. The van der Waals surface area contributed by atoms with E-state index >= 15 is 0 Å². The Morgan fingerprint density at radius 1 is 1.46 bits per heavy atom. The van der Waals surface area contributed by atoms with E-state index in [1.165, 1.54) is 0 Å². The van der Waals surface area contributed by atoms with E-state index in [9.17, 15) is 0 Å². The number of ether oxygens (including phenoxy) is 1. The van der Waals surface area contributed by atoms with E-state index in [1.807, 2.05) is 24.3 Å². The summed E-state index contributed by atoms with van der Waals surface area (Å²) in [5.74, 6) is 0.862. The van der Waals surface area contributed by atoms with E-state index in [2.05, 4.69) is 6.58 Å². The summed E-state index contributed by atoms with van der Waals surface area (Å²) in [7, 11) is 1.66. The fraction of sp³-hybridized carbons (Fsp3) is 0.273. The molecule has 0 fully saturated rings. The van der Waals surface area contributed by atoms with Gasteiger partial charge in [-0.25, -0.2) is 0 Å². The first kappa shape index (κ1) is 9.81. The lowest BCUT2D eigenvalue weighted by Gasteiger charge is -2.09. The van der Waals surface area contributed by atoms with Crippen LogP contribution < -0.4 is 10.5 Å². The lowest BCUT2D eigenvalue weighted by atomic mass is 10.0. The third-order valence-corrected chi connectivity index (χ3v) is 1.93. The molecule has 0 aliphatic carbocycles. The minimum atomic E-state index is 0.622. The van der Waals surface area contributed by atoms with Crippen LogP contribution in [0.25, 0.3) is 5.57 Å². The van der Waals surface area contributed by atoms with Gasteiger partial charge in [-0.2, -0.15) is 0 Å². The highest BCUT2D eigenvalue weighted by Crippen LogP contribution is 2.25. The highest BCUT2D eigenvalue weighted by Gasteiger charge is 2.03. The van der Waals surface area contributed by atoms with Gasteiger partial charge < -0.3 is 10.5 Å². The van der Waals surface area contributed by atoms with Crippen LogP contribution in [0.4, 0.5) is 0 Å². The van der Waals surface area contributed by atoms with Gasteiger partial charge in [-0.15, -0.1) is 0 Å². The number of hydrogen-bond acceptors (Lipinski definition) is 2. The van der Waals surface area contributed by atoms with E-state index in [-0.39, 0.29) is 0 Å². The second-order valence-corrected chi connectivity index (χ2v) is 2.84. The van der Waals surface area contributed by atoms with Crippen molar-refractivity contribution in [1.29, 1.82) is 0 Å². The van der Waals surface area contributed by atoms with E-state index in [1.54, 1.807) is 7.11 Å². The molecule has 0 aliphatic heterocycles. The number of para-hydroxylation sites is 1. The minimum absolute atomic E-state index is 0.622. The van der Waals surface area contributed by atoms with Gasteiger partial charge in [-0.05, 0) is 24.6 Å². The van der Waals surface area contributed by atoms with Crippen LogP contribution in [0.5, 0.6) is 5.75 Å². The molecular formula is C11H15NO. The summed E-state index contributed by atoms with van der Waals surface area (Å²) in [6.07, 6.45) is 0.806. The number of nitrogens with two attached hydrogens (primary N) is 1. The zero-order chi connectivity index (χ0) is 9.68. The minimum Gasteiger partial charge on any atom is -0.496 e. The van der Waals surface area contributed by atoms with Crippen LogP contribution in [0.3, 0.4) is 0 Å². The van der Waals surface area contributed by atoms with Crippen molar-refractivity contribution < 1.29 is 4.74 Å². The Morgan fingerprint density at radius 3 is 2.77 bits per heavy atom. The largest absolute Gasteiger partial charge is 0.496 e. The molecule has 0 atom stereocenters. The maximum Gasteiger partial charge on any atom is 0.126 e. The molecule has 1 rings (SSSR count). The van der Waals surface area contributed by atoms with E-state index < -0.39 is 0 Å². The fourth-order valence-electron chi connectivity index (χ4n) is 1.25. The van der Waals surface area contributed by atoms with Gasteiger partial charge in [0, 0.05) is 5.56 Å². The molecule has 0 spiro atoms. The molecule has 0 amide bonds. The van der Waals surface area contributed by atoms with Crippen LogP contribution in [0, 0.1) is 0 Å². The maximum atomic E-state index is 5.46. The molecule has 0 bridgehead atoms. The zero-order valence-electron chi connectivity index (χ0n) is 7.92. The van der Waals surface area contributed by atoms with Gasteiger partial charge in [0.2, 0.25) is 0 Å². The van der Waals surface area contributed by atoms with Gasteiger partial charge in [0.15, 0.2) is 0 Å². The fourth-order valence-corrected chi connectivity index (χ4v) is 1.25. The summed E-state index contributed by atoms with van der Waals surface area (Å²) in [5, 5.41) is 0. The van der Waals surface area contributed by atoms with Crippen molar-refractivity contribution in [3.05, 3.63) is 36.4 Å². The third-order valence-electron chi connectivity index (χ3n) is 1.93. The van der Waals surface area contributed by atoms with Gasteiger partial charge in [-0.1, -0.05) is 24.8 Å². The molecule has 0 saturated heterocycles. The van der Waals surface area contributed by atoms with Crippen molar-refractivity contribution in [2.24, 2.45) is 5.73 Å². The SMILES string of the molecule is C=C(CCN)c1ccccc1OC. The Labute approximate surface area is 79.0 Å². The standard InChI is InChI=1S/C11H15NO/c1-9(7-8-12)10-5-3-4-6-11(10)13-2/h3-6H,1,7-8,12H2,2H3. The molecule has 0 radical (unpaired) electrons. The molecule has 1 aromatic rings. The smallest absolute Gasteiger partial charge is 0.126 e. The van der Waals surface area contributed by atoms with Gasteiger partial charge in [0.05, 0.1) is 7.11 Å². The molecule has 2 N–H and O–H groups in total. The summed E-state index contributed by atoms with van der Waals surface area (Å²) in [6.45, 7) is 4.59. The number of rotatable bonds is 4. The molecule has 0 unspecified atom stereocenters. The Kier molecular flexibility index (Phi) is 3.53. The maximum absolute atomic E-state index is 5.46. The van der Waals surface area contributed by atoms with Crippen LogP contribution in [0.1, 0.15) is 12.0 Å². The Bertz CT molecular complexity index is 294. The van der Waals surface area contributed by atoms with Crippen molar-refractivity contribution in [3.8, 4) is 5.75 Å². The van der Waals surface area contributed by atoms with Crippen molar-refractivity contribution >= 4 is 5.57 Å². The van der Waals surface area contributed by atoms with Crippen molar-refractivity contribution in [2.75, 3.05) is 13.7 Å². The molecule has 0 saturated carbocycles. The van der Waals surface area contributed by atoms with Crippen LogP contribution >= 0.6 is 0 Å². The molecule has 70 valence electrons. The summed E-state index contributed by atoms with van der Waals surface area (Å²) in [4.78, 5) is 0. The second-order valence-electron chi connectivity index (χ2n) is 2.84. The highest BCUT2D eigenvalue weighted by molar-refractivity contribution is 5.68. The van der Waals surface area contributed by atoms with Gasteiger partial charge in [-0.3, -0.25) is 0 Å². The normalized spacial score (nSPS) is 9.69. The molecule has 2 heteroatoms. The average molecular weight is 177 g/mol. The lowest BCUT2D eigenvalue weighted by Crippen LogP contribution is -2.00. The average Bonchev–Trinajstić information content (AvgIpc) is 2.18. The van der Waals surface area contributed by atoms with Crippen LogP contribution in [-0.2, 0) is 0 Å². The molecule has 2 nitrogen and oxygen atoms in total. The Balaban J connectivity index is 2.92. The number of hydrogen-bond donors (Lipinski definition) is 1. The van der Waals surface area contributed by atoms with E-state index in [0.717, 1.165) is 23.3 Å². The molecule has 1 aromatic carbocycles. The first-order valence-electron chi connectivity index (χ1n) is 4.31. The quantitative estimate of drug-likeness (QED) is 0.764. The molecular weight excluding hydrogens is 162 g/mol. The molecule has 13 heavy (non-hydrogen) atoms. The summed E-state index contributed by atoms with van der Waals surface area (Å²) >= 11 is 0. The summed E-state index contributed by atoms with van der Waals surface area (Å²) < 4.78 is 5.21. The van der Waals surface area contributed by atoms with Crippen LogP contribution in [-0.4, -0.2) is 13.7 Å². The predicted octanol–water partition coefficient (Wildman–Crippen LogP) is 2.06. The molecule has 0 aliphatic rings. The van der Waals surface area contributed by atoms with Gasteiger partial charge in [0.1, 0.15) is 5.75 Å².